The van der Waals surface area contributed by atoms with Crippen molar-refractivity contribution in [2.75, 3.05) is 0 Å². The maximum atomic E-state index is 10.8. The zero-order valence-electron chi connectivity index (χ0n) is 5.83. The van der Waals surface area contributed by atoms with E-state index < -0.39 is 17.3 Å². The lowest BCUT2D eigenvalue weighted by Crippen LogP contribution is -2.18. The second-order valence-electron chi connectivity index (χ2n) is 2.40. The Morgan fingerprint density at radius 1 is 1.36 bits per heavy atom. The molecule has 0 aromatic heterocycles. The summed E-state index contributed by atoms with van der Waals surface area (Å²) in [6.07, 6.45) is 1.07. The average Bonchev–Trinajstić information content (AvgIpc) is 1.85. The van der Waals surface area contributed by atoms with Crippen molar-refractivity contribution < 1.29 is 19.8 Å². The van der Waals surface area contributed by atoms with Crippen LogP contribution in [0.15, 0.2) is 11.3 Å². The molecule has 2 N–H and O–H groups in total. The lowest BCUT2D eigenvalue weighted by atomic mass is 9.97. The van der Waals surface area contributed by atoms with Crippen molar-refractivity contribution in [3.63, 3.8) is 0 Å². The van der Waals surface area contributed by atoms with Crippen LogP contribution in [0.3, 0.4) is 0 Å². The minimum absolute atomic E-state index is 0.228. The van der Waals surface area contributed by atoms with E-state index in [4.69, 9.17) is 10.2 Å². The van der Waals surface area contributed by atoms with Gasteiger partial charge in [-0.1, -0.05) is 0 Å². The average molecular weight is 156 g/mol. The molecule has 4 heteroatoms. The van der Waals surface area contributed by atoms with Crippen molar-refractivity contribution in [1.82, 2.24) is 0 Å². The van der Waals surface area contributed by atoms with Crippen molar-refractivity contribution in [1.29, 1.82) is 0 Å². The number of Topliss-reactive ketones (excluding diaryl/α,β-unsaturated/α-hetero) is 1. The second kappa shape index (κ2) is 2.74. The molecule has 0 unspecified atom stereocenters. The molecule has 0 saturated carbocycles. The minimum Gasteiger partial charge on any atom is -0.511 e. The van der Waals surface area contributed by atoms with Gasteiger partial charge in [-0.15, -0.1) is 0 Å². The molecule has 1 aliphatic carbocycles. The molecule has 1 rings (SSSR count). The quantitative estimate of drug-likeness (QED) is 0.546. The third kappa shape index (κ3) is 1.39. The predicted octanol–water partition coefficient (Wildman–Crippen LogP) is 0.636. The first-order valence-electron chi connectivity index (χ1n) is 3.31. The summed E-state index contributed by atoms with van der Waals surface area (Å²) in [5.41, 5.74) is -0.434. The molecule has 0 aromatic rings. The van der Waals surface area contributed by atoms with E-state index in [1.165, 1.54) is 0 Å². The third-order valence-corrected chi connectivity index (χ3v) is 1.60. The molecule has 0 aliphatic heterocycles. The van der Waals surface area contributed by atoms with Crippen LogP contribution in [-0.2, 0) is 9.59 Å². The van der Waals surface area contributed by atoms with Crippen LogP contribution in [0.5, 0.6) is 0 Å². The summed E-state index contributed by atoms with van der Waals surface area (Å²) in [6, 6.07) is 0. The fraction of sp³-hybridized carbons (Fsp3) is 0.429. The molecule has 0 amide bonds. The zero-order valence-corrected chi connectivity index (χ0v) is 5.83. The van der Waals surface area contributed by atoms with Gasteiger partial charge < -0.3 is 10.2 Å². The van der Waals surface area contributed by atoms with Crippen LogP contribution in [0.4, 0.5) is 0 Å². The summed E-state index contributed by atoms with van der Waals surface area (Å²) in [5.74, 6) is -2.08. The first-order chi connectivity index (χ1) is 5.13. The largest absolute Gasteiger partial charge is 0.511 e. The van der Waals surface area contributed by atoms with Crippen LogP contribution in [0.25, 0.3) is 0 Å². The Bertz CT molecular complexity index is 239. The number of aliphatic hydroxyl groups excluding tert-OH is 1. The van der Waals surface area contributed by atoms with Gasteiger partial charge in [0.15, 0.2) is 5.78 Å². The highest BCUT2D eigenvalue weighted by atomic mass is 16.4. The van der Waals surface area contributed by atoms with Crippen molar-refractivity contribution in [3.05, 3.63) is 11.3 Å². The Balaban J connectivity index is 3.01. The number of carboxylic acids is 1. The maximum absolute atomic E-state index is 10.8. The van der Waals surface area contributed by atoms with Crippen LogP contribution >= 0.6 is 0 Å². The van der Waals surface area contributed by atoms with Crippen molar-refractivity contribution in [3.8, 4) is 0 Å². The van der Waals surface area contributed by atoms with Crippen LogP contribution in [0.2, 0.25) is 0 Å². The second-order valence-corrected chi connectivity index (χ2v) is 2.40. The molecule has 0 bridgehead atoms. The summed E-state index contributed by atoms with van der Waals surface area (Å²) in [7, 11) is 0. The molecule has 4 nitrogen and oxygen atoms in total. The molecule has 1 aliphatic rings. The highest BCUT2D eigenvalue weighted by molar-refractivity contribution is 6.17. The minimum atomic E-state index is -1.33. The van der Waals surface area contributed by atoms with Gasteiger partial charge in [0.25, 0.3) is 0 Å². The molecular weight excluding hydrogens is 148 g/mol. The number of carbonyl (C=O) groups is 2. The van der Waals surface area contributed by atoms with Gasteiger partial charge in [0, 0.05) is 12.8 Å². The fourth-order valence-electron chi connectivity index (χ4n) is 1.07. The number of hydrogen-bond acceptors (Lipinski definition) is 3. The van der Waals surface area contributed by atoms with Crippen molar-refractivity contribution in [2.45, 2.75) is 19.3 Å². The van der Waals surface area contributed by atoms with E-state index in [-0.39, 0.29) is 12.2 Å². The number of carboxylic acid groups (broad SMARTS) is 1. The molecule has 0 atom stereocenters. The summed E-state index contributed by atoms with van der Waals surface area (Å²) in [5, 5.41) is 17.4. The molecule has 0 radical (unpaired) electrons. The van der Waals surface area contributed by atoms with Crippen LogP contribution in [0, 0.1) is 0 Å². The topological polar surface area (TPSA) is 74.6 Å². The monoisotopic (exact) mass is 156 g/mol. The number of ketones is 1. The van der Waals surface area contributed by atoms with E-state index in [2.05, 4.69) is 0 Å². The van der Waals surface area contributed by atoms with E-state index in [1.807, 2.05) is 0 Å². The molecule has 0 spiro atoms. The SMILES string of the molecule is O=C(O)C1=C(O)CCCC1=O. The lowest BCUT2D eigenvalue weighted by molar-refractivity contribution is -0.135. The highest BCUT2D eigenvalue weighted by Crippen LogP contribution is 2.19. The normalized spacial score (nSPS) is 18.7. The van der Waals surface area contributed by atoms with E-state index in [1.54, 1.807) is 0 Å². The smallest absolute Gasteiger partial charge is 0.342 e. The summed E-state index contributed by atoms with van der Waals surface area (Å²) < 4.78 is 0. The Labute approximate surface area is 63.1 Å². The molecular formula is C7H8O4. The van der Waals surface area contributed by atoms with Crippen molar-refractivity contribution >= 4 is 11.8 Å². The van der Waals surface area contributed by atoms with Crippen molar-refractivity contribution in [2.24, 2.45) is 0 Å². The Kier molecular flexibility index (Phi) is 1.94. The summed E-state index contributed by atoms with van der Waals surface area (Å²) in [4.78, 5) is 21.2. The number of hydrogen-bond donors (Lipinski definition) is 2. The zero-order chi connectivity index (χ0) is 8.43. The number of allylic oxidation sites excluding steroid dienone is 1. The van der Waals surface area contributed by atoms with E-state index in [0.717, 1.165) is 0 Å². The molecule has 0 fully saturated rings. The van der Waals surface area contributed by atoms with E-state index in [0.29, 0.717) is 12.8 Å². The summed E-state index contributed by atoms with van der Waals surface area (Å²) in [6.45, 7) is 0. The predicted molar refractivity (Wildman–Crippen MR) is 36.1 cm³/mol. The Hall–Kier alpha value is -1.32. The first-order valence-corrected chi connectivity index (χ1v) is 3.31. The number of carbonyl (C=O) groups excluding carboxylic acids is 1. The van der Waals surface area contributed by atoms with Gasteiger partial charge >= 0.3 is 5.97 Å². The van der Waals surface area contributed by atoms with Gasteiger partial charge in [0.2, 0.25) is 0 Å². The number of aliphatic carboxylic acids is 1. The highest BCUT2D eigenvalue weighted by Gasteiger charge is 2.25. The first kappa shape index (κ1) is 7.78. The molecule has 60 valence electrons. The third-order valence-electron chi connectivity index (χ3n) is 1.60. The molecule has 11 heavy (non-hydrogen) atoms. The number of aliphatic hydroxyl groups is 1. The van der Waals surface area contributed by atoms with Gasteiger partial charge in [-0.05, 0) is 6.42 Å². The van der Waals surface area contributed by atoms with Crippen LogP contribution in [0.1, 0.15) is 19.3 Å². The maximum Gasteiger partial charge on any atom is 0.342 e. The fourth-order valence-corrected chi connectivity index (χ4v) is 1.07. The molecule has 0 saturated heterocycles. The number of rotatable bonds is 1. The molecule has 0 heterocycles. The standard InChI is InChI=1S/C7H8O4/c8-4-2-1-3-5(9)6(4)7(10)11/h8H,1-3H2,(H,10,11). The van der Waals surface area contributed by atoms with Crippen LogP contribution in [-0.4, -0.2) is 22.0 Å². The Morgan fingerprint density at radius 2 is 2.00 bits per heavy atom. The van der Waals surface area contributed by atoms with Gasteiger partial charge in [0.1, 0.15) is 11.3 Å². The van der Waals surface area contributed by atoms with Gasteiger partial charge in [-0.2, -0.15) is 0 Å². The van der Waals surface area contributed by atoms with Crippen LogP contribution < -0.4 is 0 Å². The molecule has 0 aromatic carbocycles. The van der Waals surface area contributed by atoms with Gasteiger partial charge in [-0.25, -0.2) is 4.79 Å². The lowest BCUT2D eigenvalue weighted by Gasteiger charge is -2.10. The van der Waals surface area contributed by atoms with E-state index in [9.17, 15) is 9.59 Å². The summed E-state index contributed by atoms with van der Waals surface area (Å²) >= 11 is 0. The van der Waals surface area contributed by atoms with E-state index >= 15 is 0 Å². The Morgan fingerprint density at radius 3 is 2.36 bits per heavy atom. The van der Waals surface area contributed by atoms with Gasteiger partial charge in [-0.3, -0.25) is 4.79 Å². The van der Waals surface area contributed by atoms with Gasteiger partial charge in [0.05, 0.1) is 0 Å².